The molecule has 4 aromatic carbocycles. The molecule has 0 unspecified atom stereocenters. The molecule has 186 valence electrons. The van der Waals surface area contributed by atoms with Crippen molar-refractivity contribution in [1.29, 1.82) is 0 Å². The number of rotatable bonds is 7. The Morgan fingerprint density at radius 2 is 1.78 bits per heavy atom. The largest absolute Gasteiger partial charge is 0.490 e. The number of ether oxygens (including phenoxy) is 2. The van der Waals surface area contributed by atoms with Crippen LogP contribution >= 0.6 is 34.4 Å². The second-order valence-corrected chi connectivity index (χ2v) is 10.4. The van der Waals surface area contributed by atoms with Crippen LogP contribution in [0.3, 0.4) is 0 Å². The molecule has 1 fully saturated rings. The van der Waals surface area contributed by atoms with Gasteiger partial charge in [-0.25, -0.2) is 9.38 Å². The number of aliphatic imine (C=N–C) groups is 1. The van der Waals surface area contributed by atoms with Gasteiger partial charge in [0.25, 0.3) is 5.91 Å². The zero-order valence-electron chi connectivity index (χ0n) is 19.8. The van der Waals surface area contributed by atoms with Crippen molar-refractivity contribution in [1.82, 2.24) is 5.32 Å². The van der Waals surface area contributed by atoms with Crippen LogP contribution in [0, 0.1) is 9.39 Å². The molecule has 5 rings (SSSR count). The maximum absolute atomic E-state index is 13.2. The first kappa shape index (κ1) is 25.3. The van der Waals surface area contributed by atoms with E-state index < -0.39 is 0 Å². The van der Waals surface area contributed by atoms with E-state index in [4.69, 9.17) is 9.47 Å². The number of amidine groups is 1. The molecular weight excluding hydrogens is 602 g/mol. The maximum Gasteiger partial charge on any atom is 0.264 e. The number of carbonyl (C=O) groups is 1. The van der Waals surface area contributed by atoms with Crippen molar-refractivity contribution in [2.24, 2.45) is 4.99 Å². The Kier molecular flexibility index (Phi) is 7.76. The summed E-state index contributed by atoms with van der Waals surface area (Å²) in [4.78, 5) is 17.4. The van der Waals surface area contributed by atoms with Gasteiger partial charge in [0.05, 0.1) is 20.8 Å². The third kappa shape index (κ3) is 6.14. The number of carbonyl (C=O) groups excluding carboxylic acids is 1. The van der Waals surface area contributed by atoms with Crippen molar-refractivity contribution in [3.63, 3.8) is 0 Å². The molecule has 1 aliphatic heterocycles. The molecule has 0 aromatic heterocycles. The van der Waals surface area contributed by atoms with E-state index >= 15 is 0 Å². The Morgan fingerprint density at radius 1 is 1.00 bits per heavy atom. The number of thioether (sulfide) groups is 1. The van der Waals surface area contributed by atoms with Gasteiger partial charge >= 0.3 is 0 Å². The number of amides is 1. The van der Waals surface area contributed by atoms with Crippen molar-refractivity contribution in [2.45, 2.75) is 13.5 Å². The average Bonchev–Trinajstić information content (AvgIpc) is 3.23. The lowest BCUT2D eigenvalue weighted by Crippen LogP contribution is -2.19. The van der Waals surface area contributed by atoms with Gasteiger partial charge in [-0.1, -0.05) is 36.4 Å². The minimum absolute atomic E-state index is 0.240. The molecule has 1 saturated heterocycles. The monoisotopic (exact) mass is 624 g/mol. The summed E-state index contributed by atoms with van der Waals surface area (Å²) in [6.07, 6.45) is 1.80. The maximum atomic E-state index is 13.2. The standard InChI is InChI=1S/C29H22FIN2O3S/c1-2-35-25-15-19(16-26-28(34)33-29(37-26)32-23-11-9-22(30)10-12-23)14-24(31)27(25)36-17-18-7-8-20-5-3-4-6-21(20)13-18/h3-16H,2,17H2,1H3,(H,32,33,34). The van der Waals surface area contributed by atoms with Crippen LogP contribution in [0.1, 0.15) is 18.1 Å². The van der Waals surface area contributed by atoms with E-state index in [1.807, 2.05) is 31.2 Å². The van der Waals surface area contributed by atoms with Crippen LogP contribution in [0.25, 0.3) is 16.8 Å². The molecule has 4 aromatic rings. The van der Waals surface area contributed by atoms with Crippen molar-refractivity contribution in [3.8, 4) is 11.5 Å². The molecule has 8 heteroatoms. The van der Waals surface area contributed by atoms with Crippen molar-refractivity contribution < 1.29 is 18.7 Å². The Balaban J connectivity index is 1.36. The second-order valence-electron chi connectivity index (χ2n) is 8.19. The zero-order valence-corrected chi connectivity index (χ0v) is 22.8. The Labute approximate surface area is 231 Å². The summed E-state index contributed by atoms with van der Waals surface area (Å²) in [5.74, 6) is 0.706. The fourth-order valence-electron chi connectivity index (χ4n) is 3.82. The zero-order chi connectivity index (χ0) is 25.8. The SMILES string of the molecule is CCOc1cc(C=C2SC(=Nc3ccc(F)cc3)NC2=O)cc(I)c1OCc1ccc2ccccc2c1. The highest BCUT2D eigenvalue weighted by Crippen LogP contribution is 2.37. The predicted molar refractivity (Wildman–Crippen MR) is 156 cm³/mol. The summed E-state index contributed by atoms with van der Waals surface area (Å²) >= 11 is 3.46. The van der Waals surface area contributed by atoms with E-state index in [0.717, 1.165) is 14.7 Å². The molecule has 0 radical (unpaired) electrons. The lowest BCUT2D eigenvalue weighted by molar-refractivity contribution is -0.115. The van der Waals surface area contributed by atoms with E-state index in [9.17, 15) is 9.18 Å². The molecule has 0 bridgehead atoms. The van der Waals surface area contributed by atoms with Crippen LogP contribution in [-0.4, -0.2) is 17.7 Å². The number of hydrogen-bond donors (Lipinski definition) is 1. The van der Waals surface area contributed by atoms with E-state index in [0.29, 0.717) is 40.5 Å². The topological polar surface area (TPSA) is 59.9 Å². The van der Waals surface area contributed by atoms with Crippen molar-refractivity contribution >= 4 is 68.0 Å². The third-order valence-electron chi connectivity index (χ3n) is 5.53. The van der Waals surface area contributed by atoms with E-state index in [1.165, 1.54) is 34.7 Å². The van der Waals surface area contributed by atoms with Gasteiger partial charge < -0.3 is 14.8 Å². The Hall–Kier alpha value is -3.37. The molecular formula is C29H22FIN2O3S. The number of fused-ring (bicyclic) bond motifs is 1. The van der Waals surface area contributed by atoms with Gasteiger partial charge in [-0.3, -0.25) is 4.79 Å². The van der Waals surface area contributed by atoms with Gasteiger partial charge in [0.2, 0.25) is 0 Å². The van der Waals surface area contributed by atoms with Gasteiger partial charge in [0.15, 0.2) is 16.7 Å². The Bertz CT molecular complexity index is 1540. The van der Waals surface area contributed by atoms with E-state index in [1.54, 1.807) is 18.2 Å². The summed E-state index contributed by atoms with van der Waals surface area (Å²) in [5, 5.41) is 5.56. The van der Waals surface area contributed by atoms with Gasteiger partial charge in [-0.2, -0.15) is 0 Å². The molecule has 1 heterocycles. The van der Waals surface area contributed by atoms with Gasteiger partial charge in [-0.05, 0) is 112 Å². The molecule has 1 aliphatic rings. The lowest BCUT2D eigenvalue weighted by atomic mass is 10.1. The minimum Gasteiger partial charge on any atom is -0.490 e. The Morgan fingerprint density at radius 3 is 2.57 bits per heavy atom. The second kappa shape index (κ2) is 11.4. The average molecular weight is 624 g/mol. The van der Waals surface area contributed by atoms with Crippen LogP contribution in [0.4, 0.5) is 10.1 Å². The number of benzene rings is 4. The molecule has 37 heavy (non-hydrogen) atoms. The normalized spacial score (nSPS) is 15.4. The van der Waals surface area contributed by atoms with Crippen LogP contribution in [0.2, 0.25) is 0 Å². The predicted octanol–water partition coefficient (Wildman–Crippen LogP) is 7.45. The summed E-state index contributed by atoms with van der Waals surface area (Å²) < 4.78 is 26.1. The van der Waals surface area contributed by atoms with Crippen molar-refractivity contribution in [3.05, 3.63) is 104 Å². The van der Waals surface area contributed by atoms with Crippen molar-refractivity contribution in [2.75, 3.05) is 6.61 Å². The smallest absolute Gasteiger partial charge is 0.264 e. The molecule has 0 spiro atoms. The van der Waals surface area contributed by atoms with Gasteiger partial charge in [-0.15, -0.1) is 0 Å². The minimum atomic E-state index is -0.336. The summed E-state index contributed by atoms with van der Waals surface area (Å²) in [7, 11) is 0. The lowest BCUT2D eigenvalue weighted by Gasteiger charge is -2.15. The number of nitrogens with zero attached hydrogens (tertiary/aromatic N) is 1. The highest BCUT2D eigenvalue weighted by molar-refractivity contribution is 14.1. The first-order valence-electron chi connectivity index (χ1n) is 11.6. The highest BCUT2D eigenvalue weighted by Gasteiger charge is 2.24. The molecule has 0 atom stereocenters. The molecule has 1 N–H and O–H groups in total. The molecule has 1 amide bonds. The summed E-state index contributed by atoms with van der Waals surface area (Å²) in [6.45, 7) is 2.80. The quantitative estimate of drug-likeness (QED) is 0.172. The molecule has 0 aliphatic carbocycles. The fourth-order valence-corrected chi connectivity index (χ4v) is 5.45. The fraction of sp³-hybridized carbons (Fsp3) is 0.103. The first-order chi connectivity index (χ1) is 18.0. The number of hydrogen-bond acceptors (Lipinski definition) is 5. The molecule has 0 saturated carbocycles. The summed E-state index contributed by atoms with van der Waals surface area (Å²) in [5.41, 5.74) is 2.44. The third-order valence-corrected chi connectivity index (χ3v) is 7.25. The number of halogens is 2. The van der Waals surface area contributed by atoms with Gasteiger partial charge in [0, 0.05) is 0 Å². The van der Waals surface area contributed by atoms with E-state index in [2.05, 4.69) is 63.2 Å². The van der Waals surface area contributed by atoms with Crippen LogP contribution in [0.15, 0.2) is 88.8 Å². The van der Waals surface area contributed by atoms with Crippen LogP contribution in [-0.2, 0) is 11.4 Å². The first-order valence-corrected chi connectivity index (χ1v) is 13.5. The van der Waals surface area contributed by atoms with Crippen LogP contribution < -0.4 is 14.8 Å². The van der Waals surface area contributed by atoms with Gasteiger partial charge in [0.1, 0.15) is 12.4 Å². The highest BCUT2D eigenvalue weighted by atomic mass is 127. The van der Waals surface area contributed by atoms with Crippen LogP contribution in [0.5, 0.6) is 11.5 Å². The number of nitrogens with one attached hydrogen (secondary N) is 1. The van der Waals surface area contributed by atoms with E-state index in [-0.39, 0.29) is 11.7 Å². The summed E-state index contributed by atoms with van der Waals surface area (Å²) in [6, 6.07) is 24.1. The molecule has 5 nitrogen and oxygen atoms in total.